The highest BCUT2D eigenvalue weighted by Crippen LogP contribution is 2.23. The number of carboxylic acids is 1. The first-order chi connectivity index (χ1) is 18.6. The Morgan fingerprint density at radius 2 is 1.67 bits per heavy atom. The Morgan fingerprint density at radius 3 is 2.31 bits per heavy atom. The van der Waals surface area contributed by atoms with Crippen molar-refractivity contribution in [3.8, 4) is 0 Å². The van der Waals surface area contributed by atoms with Gasteiger partial charge in [0, 0.05) is 25.0 Å². The lowest BCUT2D eigenvalue weighted by molar-refractivity contribution is -0.138. The third kappa shape index (κ3) is 8.49. The highest BCUT2D eigenvalue weighted by atomic mass is 16.4. The third-order valence-corrected chi connectivity index (χ3v) is 5.80. The van der Waals surface area contributed by atoms with Crippen LogP contribution in [0.1, 0.15) is 34.5 Å². The van der Waals surface area contributed by atoms with Gasteiger partial charge in [-0.15, -0.1) is 0 Å². The number of hydrogen-bond acceptors (Lipinski definition) is 6. The molecule has 206 valence electrons. The fourth-order valence-corrected chi connectivity index (χ4v) is 3.93. The molecule has 4 amide bonds. The molecule has 13 nitrogen and oxygen atoms in total. The number of urea groups is 1. The van der Waals surface area contributed by atoms with Gasteiger partial charge >= 0.3 is 12.0 Å². The fraction of sp³-hybridized carbons (Fsp3) is 0.269. The van der Waals surface area contributed by atoms with E-state index in [4.69, 9.17) is 26.4 Å². The minimum Gasteiger partial charge on any atom is -0.480 e. The van der Waals surface area contributed by atoms with E-state index in [1.54, 1.807) is 48.5 Å². The number of fused-ring (bicyclic) bond motifs is 1. The van der Waals surface area contributed by atoms with Gasteiger partial charge in [0.15, 0.2) is 11.7 Å². The Balaban J connectivity index is 1.93. The number of nitrogens with one attached hydrogen (secondary N) is 4. The van der Waals surface area contributed by atoms with Crippen molar-refractivity contribution in [3.05, 3.63) is 71.5 Å². The second kappa shape index (κ2) is 13.5. The number of carbonyl (C=O) groups excluding carboxylic acids is 3. The van der Waals surface area contributed by atoms with Crippen LogP contribution >= 0.6 is 0 Å². The summed E-state index contributed by atoms with van der Waals surface area (Å²) >= 11 is 0. The quantitative estimate of drug-likeness (QED) is 0.0948. The van der Waals surface area contributed by atoms with Gasteiger partial charge < -0.3 is 41.8 Å². The molecule has 0 saturated carbocycles. The molecule has 1 atom stereocenters. The van der Waals surface area contributed by atoms with Gasteiger partial charge in [0.1, 0.15) is 18.2 Å². The molecule has 0 aliphatic carbocycles. The van der Waals surface area contributed by atoms with E-state index in [0.29, 0.717) is 23.0 Å². The minimum absolute atomic E-state index is 0.00466. The number of hydrogen-bond donors (Lipinski definition) is 7. The van der Waals surface area contributed by atoms with Crippen molar-refractivity contribution in [2.75, 3.05) is 13.1 Å². The number of nitrogens with zero attached hydrogens (tertiary/aromatic N) is 1. The monoisotopic (exact) mass is 537 g/mol. The number of carbonyl (C=O) groups is 4. The van der Waals surface area contributed by atoms with Crippen molar-refractivity contribution in [2.45, 2.75) is 32.0 Å². The Kier molecular flexibility index (Phi) is 9.84. The average Bonchev–Trinajstić information content (AvgIpc) is 3.34. The van der Waals surface area contributed by atoms with Crippen LogP contribution in [0.3, 0.4) is 0 Å². The van der Waals surface area contributed by atoms with Crippen molar-refractivity contribution < 1.29 is 28.7 Å². The molecule has 0 aliphatic rings. The minimum atomic E-state index is -1.23. The lowest BCUT2D eigenvalue weighted by atomic mass is 10.0. The summed E-state index contributed by atoms with van der Waals surface area (Å²) in [7, 11) is 0. The van der Waals surface area contributed by atoms with Gasteiger partial charge in [0.2, 0.25) is 5.91 Å². The van der Waals surface area contributed by atoms with Gasteiger partial charge in [-0.05, 0) is 36.1 Å². The van der Waals surface area contributed by atoms with Crippen LogP contribution in [-0.2, 0) is 22.7 Å². The van der Waals surface area contributed by atoms with Gasteiger partial charge in [0.25, 0.3) is 5.91 Å². The highest BCUT2D eigenvalue weighted by Gasteiger charge is 2.32. The number of furan rings is 1. The highest BCUT2D eigenvalue weighted by molar-refractivity contribution is 5.99. The molecule has 0 fully saturated rings. The van der Waals surface area contributed by atoms with E-state index in [-0.39, 0.29) is 37.8 Å². The smallest absolute Gasteiger partial charge is 0.322 e. The lowest BCUT2D eigenvalue weighted by Gasteiger charge is -2.30. The van der Waals surface area contributed by atoms with E-state index in [0.717, 1.165) is 5.56 Å². The van der Waals surface area contributed by atoms with Crippen LogP contribution in [0.25, 0.3) is 11.0 Å². The summed E-state index contributed by atoms with van der Waals surface area (Å²) in [6, 6.07) is 14.0. The zero-order chi connectivity index (χ0) is 28.4. The van der Waals surface area contributed by atoms with Gasteiger partial charge in [-0.25, -0.2) is 4.79 Å². The van der Waals surface area contributed by atoms with E-state index >= 15 is 0 Å². The largest absolute Gasteiger partial charge is 0.480 e. The molecular formula is C26H31N7O6. The first kappa shape index (κ1) is 28.5. The molecule has 2 aromatic carbocycles. The summed E-state index contributed by atoms with van der Waals surface area (Å²) in [4.78, 5) is 50.4. The van der Waals surface area contributed by atoms with Gasteiger partial charge in [-0.3, -0.25) is 19.8 Å². The maximum Gasteiger partial charge on any atom is 0.322 e. The third-order valence-electron chi connectivity index (χ3n) is 5.80. The molecular weight excluding hydrogens is 506 g/mol. The zero-order valence-electron chi connectivity index (χ0n) is 21.1. The summed E-state index contributed by atoms with van der Waals surface area (Å²) in [5.41, 5.74) is 12.4. The first-order valence-electron chi connectivity index (χ1n) is 12.1. The number of amides is 4. The van der Waals surface area contributed by atoms with Gasteiger partial charge in [0.05, 0.1) is 0 Å². The summed E-state index contributed by atoms with van der Waals surface area (Å²) in [5.74, 6) is -2.64. The molecule has 0 radical (unpaired) electrons. The van der Waals surface area contributed by atoms with Crippen molar-refractivity contribution >= 4 is 40.7 Å². The molecule has 0 saturated heterocycles. The number of nitrogens with two attached hydrogens (primary N) is 2. The topological polar surface area (TPSA) is 217 Å². The van der Waals surface area contributed by atoms with Crippen LogP contribution in [-0.4, -0.2) is 58.9 Å². The second-order valence-electron chi connectivity index (χ2n) is 8.73. The number of para-hydroxylation sites is 1. The predicted molar refractivity (Wildman–Crippen MR) is 143 cm³/mol. The Labute approximate surface area is 224 Å². The number of primary amides is 1. The summed E-state index contributed by atoms with van der Waals surface area (Å²) in [6.45, 7) is -0.118. The average molecular weight is 538 g/mol. The predicted octanol–water partition coefficient (Wildman–Crippen LogP) is 1.08. The molecule has 9 N–H and O–H groups in total. The van der Waals surface area contributed by atoms with Crippen LogP contribution in [0.4, 0.5) is 4.79 Å². The van der Waals surface area contributed by atoms with E-state index in [1.807, 2.05) is 6.07 Å². The summed E-state index contributed by atoms with van der Waals surface area (Å²) in [6.07, 6.45) is 0.505. The Morgan fingerprint density at radius 1 is 0.974 bits per heavy atom. The summed E-state index contributed by atoms with van der Waals surface area (Å²) < 4.78 is 5.78. The fourth-order valence-electron chi connectivity index (χ4n) is 3.93. The SMILES string of the molecule is N=C(N)NCCC[C@H](C(=O)NCC(=O)O)N(Cc1ccc(CNC(N)=O)cc1)C(=O)c1cc2ccccc2o1. The normalized spacial score (nSPS) is 11.4. The molecule has 3 rings (SSSR count). The molecule has 0 spiro atoms. The molecule has 13 heteroatoms. The maximum absolute atomic E-state index is 13.8. The number of benzene rings is 2. The molecule has 39 heavy (non-hydrogen) atoms. The van der Waals surface area contributed by atoms with Crippen LogP contribution in [0.15, 0.2) is 59.0 Å². The van der Waals surface area contributed by atoms with E-state index in [1.165, 1.54) is 4.90 Å². The zero-order valence-corrected chi connectivity index (χ0v) is 21.1. The Bertz CT molecular complexity index is 1310. The van der Waals surface area contributed by atoms with E-state index in [2.05, 4.69) is 16.0 Å². The van der Waals surface area contributed by atoms with Crippen LogP contribution < -0.4 is 27.4 Å². The maximum atomic E-state index is 13.8. The van der Waals surface area contributed by atoms with E-state index in [9.17, 15) is 19.2 Å². The van der Waals surface area contributed by atoms with Crippen LogP contribution in [0.2, 0.25) is 0 Å². The van der Waals surface area contributed by atoms with Gasteiger partial charge in [-0.1, -0.05) is 42.5 Å². The molecule has 0 bridgehead atoms. The summed E-state index contributed by atoms with van der Waals surface area (Å²) in [5, 5.41) is 24.6. The molecule has 0 aliphatic heterocycles. The van der Waals surface area contributed by atoms with Crippen molar-refractivity contribution in [1.82, 2.24) is 20.9 Å². The second-order valence-corrected chi connectivity index (χ2v) is 8.73. The molecule has 3 aromatic rings. The lowest BCUT2D eigenvalue weighted by Crippen LogP contribution is -2.50. The molecule has 1 aromatic heterocycles. The van der Waals surface area contributed by atoms with Crippen molar-refractivity contribution in [1.29, 1.82) is 5.41 Å². The Hall–Kier alpha value is -5.07. The molecule has 1 heterocycles. The van der Waals surface area contributed by atoms with Gasteiger partial charge in [-0.2, -0.15) is 0 Å². The first-order valence-corrected chi connectivity index (χ1v) is 12.1. The number of carboxylic acid groups (broad SMARTS) is 1. The van der Waals surface area contributed by atoms with Crippen molar-refractivity contribution in [2.24, 2.45) is 11.5 Å². The number of rotatable bonds is 13. The number of aliphatic carboxylic acids is 1. The van der Waals surface area contributed by atoms with E-state index < -0.39 is 36.4 Å². The van der Waals surface area contributed by atoms with Crippen LogP contribution in [0.5, 0.6) is 0 Å². The van der Waals surface area contributed by atoms with Crippen molar-refractivity contribution in [3.63, 3.8) is 0 Å². The standard InChI is InChI=1S/C26H31N7O6/c27-25(28)30-11-3-5-19(23(36)31-14-22(34)35)33(15-17-9-7-16(8-10-17)13-32-26(29)38)24(37)21-12-18-4-1-2-6-20(18)39-21/h1-2,4,6-10,12,19H,3,5,11,13-15H2,(H,31,36)(H,34,35)(H4,27,28,30)(H3,29,32,38)/t19-/m1/s1. The molecule has 0 unspecified atom stereocenters. The van der Waals surface area contributed by atoms with Crippen LogP contribution in [0, 0.1) is 5.41 Å². The number of guanidine groups is 1.